The summed E-state index contributed by atoms with van der Waals surface area (Å²) in [5.41, 5.74) is 2.59. The summed E-state index contributed by atoms with van der Waals surface area (Å²) in [6.45, 7) is 6.05. The van der Waals surface area contributed by atoms with Crippen LogP contribution >= 0.6 is 0 Å². The van der Waals surface area contributed by atoms with Gasteiger partial charge < -0.3 is 0 Å². The van der Waals surface area contributed by atoms with Crippen molar-refractivity contribution in [2.45, 2.75) is 39.0 Å². The van der Waals surface area contributed by atoms with Crippen LogP contribution in [0.25, 0.3) is 0 Å². The van der Waals surface area contributed by atoms with Crippen LogP contribution in [0.15, 0.2) is 42.5 Å². The Kier molecular flexibility index (Phi) is 4.53. The molecule has 0 aliphatic rings. The largest absolute Gasteiger partial charge is 0.207 e. The highest BCUT2D eigenvalue weighted by molar-refractivity contribution is 5.30. The Morgan fingerprint density at radius 3 is 2.30 bits per heavy atom. The van der Waals surface area contributed by atoms with Gasteiger partial charge in [0.1, 0.15) is 11.6 Å². The summed E-state index contributed by atoms with van der Waals surface area (Å²) in [7, 11) is 0. The van der Waals surface area contributed by atoms with Crippen molar-refractivity contribution in [2.24, 2.45) is 0 Å². The number of halogens is 2. The predicted molar refractivity (Wildman–Crippen MR) is 79.0 cm³/mol. The molecule has 2 aromatic rings. The van der Waals surface area contributed by atoms with Crippen LogP contribution in [0.2, 0.25) is 0 Å². The zero-order chi connectivity index (χ0) is 14.7. The molecule has 0 saturated carbocycles. The summed E-state index contributed by atoms with van der Waals surface area (Å²) >= 11 is 0. The van der Waals surface area contributed by atoms with E-state index >= 15 is 0 Å². The van der Waals surface area contributed by atoms with E-state index in [9.17, 15) is 8.78 Å². The molecule has 2 heteroatoms. The highest BCUT2D eigenvalue weighted by Crippen LogP contribution is 2.25. The van der Waals surface area contributed by atoms with Gasteiger partial charge in [-0.3, -0.25) is 0 Å². The summed E-state index contributed by atoms with van der Waals surface area (Å²) in [6.07, 6.45) is 0.637. The third kappa shape index (κ3) is 3.44. The summed E-state index contributed by atoms with van der Waals surface area (Å²) in [6, 6.07) is 11.9. The lowest BCUT2D eigenvalue weighted by Crippen LogP contribution is -2.02. The molecule has 0 fully saturated rings. The zero-order valence-electron chi connectivity index (χ0n) is 12.2. The highest BCUT2D eigenvalue weighted by Gasteiger charge is 2.12. The van der Waals surface area contributed by atoms with E-state index in [4.69, 9.17) is 0 Å². The van der Waals surface area contributed by atoms with Crippen molar-refractivity contribution in [1.82, 2.24) is 0 Å². The number of benzene rings is 2. The molecular weight excluding hydrogens is 254 g/mol. The average Bonchev–Trinajstić information content (AvgIpc) is 2.38. The van der Waals surface area contributed by atoms with E-state index in [1.54, 1.807) is 24.3 Å². The second-order valence-corrected chi connectivity index (χ2v) is 5.67. The highest BCUT2D eigenvalue weighted by atomic mass is 19.1. The molecule has 0 aromatic heterocycles. The van der Waals surface area contributed by atoms with Crippen molar-refractivity contribution in [2.75, 3.05) is 0 Å². The minimum Gasteiger partial charge on any atom is -0.207 e. The van der Waals surface area contributed by atoms with E-state index in [1.807, 2.05) is 32.9 Å². The first-order valence-electron chi connectivity index (χ1n) is 7.01. The van der Waals surface area contributed by atoms with Crippen LogP contribution in [0.5, 0.6) is 0 Å². The Morgan fingerprint density at radius 2 is 1.65 bits per heavy atom. The first kappa shape index (κ1) is 14.7. The van der Waals surface area contributed by atoms with Crippen LogP contribution < -0.4 is 0 Å². The van der Waals surface area contributed by atoms with E-state index in [2.05, 4.69) is 0 Å². The van der Waals surface area contributed by atoms with Gasteiger partial charge in [-0.05, 0) is 53.1 Å². The molecule has 0 aliphatic carbocycles. The lowest BCUT2D eigenvalue weighted by Gasteiger charge is -2.15. The molecule has 106 valence electrons. The molecule has 0 saturated heterocycles. The van der Waals surface area contributed by atoms with Gasteiger partial charge in [0.15, 0.2) is 0 Å². The van der Waals surface area contributed by atoms with Crippen LogP contribution in [0, 0.1) is 11.6 Å². The molecule has 0 aliphatic heterocycles. The maximum atomic E-state index is 13.8. The SMILES string of the molecule is CC(C)c1cc(F)cc(CC(C)c2ccccc2F)c1. The first-order chi connectivity index (χ1) is 9.47. The third-order valence-electron chi connectivity index (χ3n) is 3.62. The predicted octanol–water partition coefficient (Wildman–Crippen LogP) is 5.43. The lowest BCUT2D eigenvalue weighted by atomic mass is 9.91. The molecule has 1 atom stereocenters. The number of hydrogen-bond donors (Lipinski definition) is 0. The first-order valence-corrected chi connectivity index (χ1v) is 7.01. The summed E-state index contributed by atoms with van der Waals surface area (Å²) in [4.78, 5) is 0. The van der Waals surface area contributed by atoms with Crippen LogP contribution in [0.3, 0.4) is 0 Å². The maximum Gasteiger partial charge on any atom is 0.126 e. The fourth-order valence-electron chi connectivity index (χ4n) is 2.46. The Labute approximate surface area is 119 Å². The van der Waals surface area contributed by atoms with Crippen LogP contribution in [0.1, 0.15) is 49.3 Å². The van der Waals surface area contributed by atoms with Gasteiger partial charge in [-0.15, -0.1) is 0 Å². The Morgan fingerprint density at radius 1 is 0.950 bits per heavy atom. The van der Waals surface area contributed by atoms with Gasteiger partial charge in [0.05, 0.1) is 0 Å². The average molecular weight is 274 g/mol. The van der Waals surface area contributed by atoms with Crippen molar-refractivity contribution in [3.05, 3.63) is 70.8 Å². The fraction of sp³-hybridized carbons (Fsp3) is 0.333. The molecule has 2 aromatic carbocycles. The van der Waals surface area contributed by atoms with Crippen molar-refractivity contribution in [3.63, 3.8) is 0 Å². The van der Waals surface area contributed by atoms with E-state index in [0.717, 1.165) is 11.1 Å². The number of hydrogen-bond acceptors (Lipinski definition) is 0. The van der Waals surface area contributed by atoms with Gasteiger partial charge >= 0.3 is 0 Å². The summed E-state index contributed by atoms with van der Waals surface area (Å²) < 4.78 is 27.4. The monoisotopic (exact) mass is 274 g/mol. The van der Waals surface area contributed by atoms with Crippen LogP contribution in [-0.4, -0.2) is 0 Å². The Hall–Kier alpha value is -1.70. The Balaban J connectivity index is 2.24. The smallest absolute Gasteiger partial charge is 0.126 e. The fourth-order valence-corrected chi connectivity index (χ4v) is 2.46. The molecule has 0 N–H and O–H groups in total. The second-order valence-electron chi connectivity index (χ2n) is 5.67. The standard InChI is InChI=1S/C18H20F2/c1-12(2)15-9-14(10-16(19)11-15)8-13(3)17-6-4-5-7-18(17)20/h4-7,9-13H,8H2,1-3H3. The van der Waals surface area contributed by atoms with Gasteiger partial charge in [0.25, 0.3) is 0 Å². The van der Waals surface area contributed by atoms with Crippen molar-refractivity contribution in [3.8, 4) is 0 Å². The van der Waals surface area contributed by atoms with Gasteiger partial charge in [0.2, 0.25) is 0 Å². The minimum absolute atomic E-state index is 0.0259. The molecule has 0 spiro atoms. The number of rotatable bonds is 4. The van der Waals surface area contributed by atoms with E-state index in [-0.39, 0.29) is 23.5 Å². The molecule has 0 amide bonds. The molecular formula is C18H20F2. The molecule has 1 unspecified atom stereocenters. The van der Waals surface area contributed by atoms with E-state index in [0.29, 0.717) is 12.0 Å². The van der Waals surface area contributed by atoms with E-state index < -0.39 is 0 Å². The maximum absolute atomic E-state index is 13.8. The summed E-state index contributed by atoms with van der Waals surface area (Å²) in [5.74, 6) is -0.0985. The topological polar surface area (TPSA) is 0 Å². The second kappa shape index (κ2) is 6.17. The minimum atomic E-state index is -0.216. The van der Waals surface area contributed by atoms with Gasteiger partial charge in [-0.2, -0.15) is 0 Å². The lowest BCUT2D eigenvalue weighted by molar-refractivity contribution is 0.585. The van der Waals surface area contributed by atoms with Gasteiger partial charge in [-0.1, -0.05) is 45.0 Å². The van der Waals surface area contributed by atoms with Gasteiger partial charge in [0, 0.05) is 0 Å². The zero-order valence-corrected chi connectivity index (χ0v) is 12.2. The van der Waals surface area contributed by atoms with Gasteiger partial charge in [-0.25, -0.2) is 8.78 Å². The molecule has 0 radical (unpaired) electrons. The van der Waals surface area contributed by atoms with E-state index in [1.165, 1.54) is 6.07 Å². The normalized spacial score (nSPS) is 12.7. The van der Waals surface area contributed by atoms with Crippen molar-refractivity contribution < 1.29 is 8.78 Å². The molecule has 0 heterocycles. The molecule has 20 heavy (non-hydrogen) atoms. The van der Waals surface area contributed by atoms with Crippen LogP contribution in [-0.2, 0) is 6.42 Å². The third-order valence-corrected chi connectivity index (χ3v) is 3.62. The summed E-state index contributed by atoms with van der Waals surface area (Å²) in [5, 5.41) is 0. The molecule has 2 rings (SSSR count). The van der Waals surface area contributed by atoms with Crippen molar-refractivity contribution >= 4 is 0 Å². The van der Waals surface area contributed by atoms with Crippen LogP contribution in [0.4, 0.5) is 8.78 Å². The Bertz CT molecular complexity index is 588. The molecule has 0 nitrogen and oxygen atoms in total. The molecule has 0 bridgehead atoms. The van der Waals surface area contributed by atoms with Crippen molar-refractivity contribution in [1.29, 1.82) is 0 Å². The quantitative estimate of drug-likeness (QED) is 0.697.